The summed E-state index contributed by atoms with van der Waals surface area (Å²) >= 11 is 0. The van der Waals surface area contributed by atoms with Gasteiger partial charge in [-0.15, -0.1) is 0 Å². The third kappa shape index (κ3) is 3.93. The molecule has 1 aromatic rings. The van der Waals surface area contributed by atoms with Crippen molar-refractivity contribution in [2.24, 2.45) is 0 Å². The summed E-state index contributed by atoms with van der Waals surface area (Å²) < 4.78 is 0. The van der Waals surface area contributed by atoms with Crippen molar-refractivity contribution in [2.45, 2.75) is 39.7 Å². The minimum atomic E-state index is -0.741. The normalized spacial score (nSPS) is 12.2. The molecule has 0 amide bonds. The highest BCUT2D eigenvalue weighted by Gasteiger charge is 2.06. The Kier molecular flexibility index (Phi) is 4.35. The number of hydrogen-bond acceptors (Lipinski definition) is 2. The predicted molar refractivity (Wildman–Crippen MR) is 65.9 cm³/mol. The van der Waals surface area contributed by atoms with Gasteiger partial charge in [0.25, 0.3) is 0 Å². The maximum Gasteiger partial charge on any atom is 0.303 e. The highest BCUT2D eigenvalue weighted by atomic mass is 16.4. The molecule has 1 rings (SSSR count). The van der Waals surface area contributed by atoms with Crippen LogP contribution in [0.4, 0.5) is 5.69 Å². The summed E-state index contributed by atoms with van der Waals surface area (Å²) in [6, 6.07) is 6.39. The van der Waals surface area contributed by atoms with E-state index >= 15 is 0 Å². The topological polar surface area (TPSA) is 49.3 Å². The van der Waals surface area contributed by atoms with Gasteiger partial charge in [-0.2, -0.15) is 0 Å². The monoisotopic (exact) mass is 221 g/mol. The van der Waals surface area contributed by atoms with Gasteiger partial charge >= 0.3 is 5.97 Å². The van der Waals surface area contributed by atoms with Gasteiger partial charge in [-0.3, -0.25) is 4.79 Å². The van der Waals surface area contributed by atoms with Crippen LogP contribution in [0.15, 0.2) is 18.2 Å². The van der Waals surface area contributed by atoms with E-state index in [-0.39, 0.29) is 12.5 Å². The van der Waals surface area contributed by atoms with E-state index in [0.29, 0.717) is 6.42 Å². The van der Waals surface area contributed by atoms with Crippen molar-refractivity contribution in [3.63, 3.8) is 0 Å². The summed E-state index contributed by atoms with van der Waals surface area (Å²) in [4.78, 5) is 10.4. The molecule has 0 aliphatic carbocycles. The molecule has 1 atom stereocenters. The van der Waals surface area contributed by atoms with Gasteiger partial charge in [-0.25, -0.2) is 0 Å². The molecule has 1 unspecified atom stereocenters. The zero-order valence-corrected chi connectivity index (χ0v) is 10.1. The van der Waals surface area contributed by atoms with Crippen molar-refractivity contribution < 1.29 is 9.90 Å². The fourth-order valence-corrected chi connectivity index (χ4v) is 1.65. The largest absolute Gasteiger partial charge is 0.481 e. The van der Waals surface area contributed by atoms with Crippen molar-refractivity contribution in [3.05, 3.63) is 29.3 Å². The van der Waals surface area contributed by atoms with Crippen molar-refractivity contribution in [1.82, 2.24) is 0 Å². The van der Waals surface area contributed by atoms with Crippen molar-refractivity contribution in [3.8, 4) is 0 Å². The maximum atomic E-state index is 10.4. The van der Waals surface area contributed by atoms with Crippen molar-refractivity contribution in [1.29, 1.82) is 0 Å². The quantitative estimate of drug-likeness (QED) is 0.803. The zero-order valence-electron chi connectivity index (χ0n) is 10.1. The lowest BCUT2D eigenvalue weighted by Gasteiger charge is -2.16. The van der Waals surface area contributed by atoms with Crippen LogP contribution in [0.25, 0.3) is 0 Å². The Balaban J connectivity index is 2.55. The number of carboxylic acid groups (broad SMARTS) is 1. The van der Waals surface area contributed by atoms with Crippen molar-refractivity contribution >= 4 is 11.7 Å². The van der Waals surface area contributed by atoms with Crippen LogP contribution >= 0.6 is 0 Å². The van der Waals surface area contributed by atoms with E-state index in [1.165, 1.54) is 11.1 Å². The highest BCUT2D eigenvalue weighted by Crippen LogP contribution is 2.17. The Labute approximate surface area is 96.5 Å². The van der Waals surface area contributed by atoms with E-state index < -0.39 is 5.97 Å². The van der Waals surface area contributed by atoms with Gasteiger partial charge in [0, 0.05) is 18.2 Å². The summed E-state index contributed by atoms with van der Waals surface area (Å²) in [5, 5.41) is 11.9. The maximum absolute atomic E-state index is 10.4. The first-order valence-electron chi connectivity index (χ1n) is 5.54. The van der Waals surface area contributed by atoms with E-state index in [9.17, 15) is 4.79 Å². The summed E-state index contributed by atoms with van der Waals surface area (Å²) in [6.45, 7) is 6.12. The fourth-order valence-electron chi connectivity index (χ4n) is 1.65. The third-order valence-electron chi connectivity index (χ3n) is 2.58. The zero-order chi connectivity index (χ0) is 12.1. The molecular formula is C13H19NO2. The number of hydrogen-bond donors (Lipinski definition) is 2. The number of nitrogens with one attached hydrogen (secondary N) is 1. The van der Waals surface area contributed by atoms with Crippen LogP contribution in [0.1, 0.15) is 30.9 Å². The van der Waals surface area contributed by atoms with E-state index in [4.69, 9.17) is 5.11 Å². The molecule has 0 bridgehead atoms. The molecule has 2 N–H and O–H groups in total. The Morgan fingerprint density at radius 1 is 1.44 bits per heavy atom. The summed E-state index contributed by atoms with van der Waals surface area (Å²) in [5.74, 6) is -0.741. The Hall–Kier alpha value is -1.51. The number of aliphatic carboxylic acids is 1. The number of rotatable bonds is 5. The minimum Gasteiger partial charge on any atom is -0.481 e. The van der Waals surface area contributed by atoms with E-state index in [0.717, 1.165) is 5.69 Å². The van der Waals surface area contributed by atoms with Gasteiger partial charge in [0.05, 0.1) is 0 Å². The van der Waals surface area contributed by atoms with Crippen LogP contribution in [0, 0.1) is 13.8 Å². The number of carbonyl (C=O) groups is 1. The molecule has 0 aromatic heterocycles. The van der Waals surface area contributed by atoms with Crippen LogP contribution < -0.4 is 5.32 Å². The molecule has 0 saturated heterocycles. The minimum absolute atomic E-state index is 0.178. The average molecular weight is 221 g/mol. The molecule has 0 fully saturated rings. The number of aryl methyl sites for hydroxylation is 2. The molecule has 0 aliphatic heterocycles. The fraction of sp³-hybridized carbons (Fsp3) is 0.462. The van der Waals surface area contributed by atoms with Gasteiger partial charge in [0.1, 0.15) is 0 Å². The average Bonchev–Trinajstić information content (AvgIpc) is 2.19. The van der Waals surface area contributed by atoms with Gasteiger partial charge in [0.2, 0.25) is 0 Å². The second-order valence-corrected chi connectivity index (χ2v) is 4.30. The summed E-state index contributed by atoms with van der Waals surface area (Å²) in [5.41, 5.74) is 3.52. The first kappa shape index (κ1) is 12.6. The number of anilines is 1. The Morgan fingerprint density at radius 3 is 2.69 bits per heavy atom. The Morgan fingerprint density at radius 2 is 2.12 bits per heavy atom. The number of benzene rings is 1. The highest BCUT2D eigenvalue weighted by molar-refractivity contribution is 5.66. The molecule has 0 radical (unpaired) electrons. The summed E-state index contributed by atoms with van der Waals surface area (Å²) in [7, 11) is 0. The first-order valence-corrected chi connectivity index (χ1v) is 5.54. The van der Waals surface area contributed by atoms with E-state index in [2.05, 4.69) is 31.3 Å². The van der Waals surface area contributed by atoms with E-state index in [1.54, 1.807) is 0 Å². The molecule has 1 aromatic carbocycles. The van der Waals surface area contributed by atoms with Gasteiger partial charge in [-0.05, 0) is 38.8 Å². The van der Waals surface area contributed by atoms with Gasteiger partial charge < -0.3 is 10.4 Å². The van der Waals surface area contributed by atoms with Crippen LogP contribution in [-0.2, 0) is 4.79 Å². The number of carboxylic acids is 1. The molecule has 0 heterocycles. The molecular weight excluding hydrogens is 202 g/mol. The molecule has 3 heteroatoms. The van der Waals surface area contributed by atoms with Crippen LogP contribution in [0.5, 0.6) is 0 Å². The lowest BCUT2D eigenvalue weighted by molar-refractivity contribution is -0.137. The Bertz CT molecular complexity index is 374. The molecule has 0 aliphatic rings. The smallest absolute Gasteiger partial charge is 0.303 e. The molecule has 88 valence electrons. The SMILES string of the molecule is Cc1ccc(NC(C)CCC(=O)O)c(C)c1. The lowest BCUT2D eigenvalue weighted by Crippen LogP contribution is -2.17. The first-order chi connectivity index (χ1) is 7.49. The standard InChI is InChI=1S/C13H19NO2/c1-9-4-6-12(10(2)8-9)14-11(3)5-7-13(15)16/h4,6,8,11,14H,5,7H2,1-3H3,(H,15,16). The van der Waals surface area contributed by atoms with E-state index in [1.807, 2.05) is 13.0 Å². The molecule has 0 saturated carbocycles. The van der Waals surface area contributed by atoms with Crippen LogP contribution in [0.2, 0.25) is 0 Å². The van der Waals surface area contributed by atoms with Crippen LogP contribution in [0.3, 0.4) is 0 Å². The summed E-state index contributed by atoms with van der Waals surface area (Å²) in [6.07, 6.45) is 0.849. The van der Waals surface area contributed by atoms with Crippen LogP contribution in [-0.4, -0.2) is 17.1 Å². The lowest BCUT2D eigenvalue weighted by atomic mass is 10.1. The van der Waals surface area contributed by atoms with Gasteiger partial charge in [0.15, 0.2) is 0 Å². The molecule has 16 heavy (non-hydrogen) atoms. The second kappa shape index (κ2) is 5.54. The van der Waals surface area contributed by atoms with Crippen molar-refractivity contribution in [2.75, 3.05) is 5.32 Å². The van der Waals surface area contributed by atoms with Gasteiger partial charge in [-0.1, -0.05) is 17.7 Å². The third-order valence-corrected chi connectivity index (χ3v) is 2.58. The predicted octanol–water partition coefficient (Wildman–Crippen LogP) is 2.97. The molecule has 0 spiro atoms. The second-order valence-electron chi connectivity index (χ2n) is 4.30. The molecule has 3 nitrogen and oxygen atoms in total.